The summed E-state index contributed by atoms with van der Waals surface area (Å²) in [5, 5.41) is 9.35. The quantitative estimate of drug-likeness (QED) is 0.760. The molecule has 2 N–H and O–H groups in total. The van der Waals surface area contributed by atoms with Crippen molar-refractivity contribution >= 4 is 39.2 Å². The second-order valence-electron chi connectivity index (χ2n) is 5.04. The summed E-state index contributed by atoms with van der Waals surface area (Å²) < 4.78 is 53.4. The number of sulfonamides is 1. The van der Waals surface area contributed by atoms with E-state index >= 15 is 0 Å². The Morgan fingerprint density at radius 3 is 2.24 bits per heavy atom. The molecule has 1 unspecified atom stereocenters. The zero-order chi connectivity index (χ0) is 18.8. The van der Waals surface area contributed by atoms with Crippen molar-refractivity contribution in [3.63, 3.8) is 0 Å². The lowest BCUT2D eigenvalue weighted by molar-refractivity contribution is -0.137. The predicted octanol–water partition coefficient (Wildman–Crippen LogP) is 3.77. The molecule has 10 heteroatoms. The van der Waals surface area contributed by atoms with Crippen molar-refractivity contribution in [2.75, 3.05) is 0 Å². The van der Waals surface area contributed by atoms with E-state index in [1.165, 1.54) is 18.2 Å². The molecule has 0 radical (unpaired) electrons. The highest BCUT2D eigenvalue weighted by atomic mass is 35.5. The van der Waals surface area contributed by atoms with E-state index in [4.69, 9.17) is 28.3 Å². The summed E-state index contributed by atoms with van der Waals surface area (Å²) >= 11 is 11.8. The first kappa shape index (κ1) is 19.6. The number of aliphatic carboxylic acids is 1. The van der Waals surface area contributed by atoms with Gasteiger partial charge in [0.05, 0.1) is 17.4 Å². The first-order valence-corrected chi connectivity index (χ1v) is 8.97. The van der Waals surface area contributed by atoms with Crippen LogP contribution < -0.4 is 4.72 Å². The van der Waals surface area contributed by atoms with Crippen molar-refractivity contribution in [2.24, 2.45) is 0 Å². The van der Waals surface area contributed by atoms with Crippen LogP contribution in [0, 0.1) is 11.6 Å². The van der Waals surface area contributed by atoms with Crippen LogP contribution in [0.4, 0.5) is 8.78 Å². The summed E-state index contributed by atoms with van der Waals surface area (Å²) in [5.41, 5.74) is 0.161. The largest absolute Gasteiger partial charge is 0.481 e. The molecule has 0 aliphatic heterocycles. The van der Waals surface area contributed by atoms with E-state index < -0.39 is 45.0 Å². The van der Waals surface area contributed by atoms with E-state index in [9.17, 15) is 22.0 Å². The van der Waals surface area contributed by atoms with E-state index in [0.29, 0.717) is 18.2 Å². The van der Waals surface area contributed by atoms with E-state index in [-0.39, 0.29) is 15.6 Å². The molecule has 134 valence electrons. The molecule has 0 aliphatic carbocycles. The normalized spacial score (nSPS) is 12.8. The maximum atomic E-state index is 13.3. The number of carbonyl (C=O) groups is 1. The summed E-state index contributed by atoms with van der Waals surface area (Å²) in [6.07, 6.45) is -0.640. The lowest BCUT2D eigenvalue weighted by Gasteiger charge is -2.19. The Labute approximate surface area is 152 Å². The van der Waals surface area contributed by atoms with Gasteiger partial charge in [-0.3, -0.25) is 4.79 Å². The van der Waals surface area contributed by atoms with Crippen LogP contribution in [0.5, 0.6) is 0 Å². The fourth-order valence-corrected chi connectivity index (χ4v) is 3.91. The Hall–Kier alpha value is -1.74. The van der Waals surface area contributed by atoms with Gasteiger partial charge in [0.25, 0.3) is 0 Å². The molecule has 5 nitrogen and oxygen atoms in total. The molecule has 0 fully saturated rings. The van der Waals surface area contributed by atoms with Crippen LogP contribution in [0.1, 0.15) is 18.0 Å². The Morgan fingerprint density at radius 1 is 1.12 bits per heavy atom. The van der Waals surface area contributed by atoms with Gasteiger partial charge in [-0.15, -0.1) is 0 Å². The smallest absolute Gasteiger partial charge is 0.305 e. The van der Waals surface area contributed by atoms with E-state index in [1.54, 1.807) is 0 Å². The average Bonchev–Trinajstić information content (AvgIpc) is 2.44. The van der Waals surface area contributed by atoms with Crippen LogP contribution in [-0.4, -0.2) is 19.5 Å². The van der Waals surface area contributed by atoms with E-state index in [2.05, 4.69) is 4.72 Å². The van der Waals surface area contributed by atoms with Gasteiger partial charge in [-0.2, -0.15) is 0 Å². The standard InChI is InChI=1S/C15H11Cl2F2NO4S/c16-8-1-2-12(13(17)3-8)14(7-15(21)22)20-25(23,24)11-5-9(18)4-10(19)6-11/h1-6,14,20H,7H2,(H,21,22). The van der Waals surface area contributed by atoms with Crippen LogP contribution in [0.2, 0.25) is 10.0 Å². The fraction of sp³-hybridized carbons (Fsp3) is 0.133. The van der Waals surface area contributed by atoms with Gasteiger partial charge in [-0.25, -0.2) is 21.9 Å². The number of nitrogens with one attached hydrogen (secondary N) is 1. The van der Waals surface area contributed by atoms with Crippen LogP contribution in [0.3, 0.4) is 0 Å². The number of carboxylic acid groups (broad SMARTS) is 1. The summed E-state index contributed by atoms with van der Waals surface area (Å²) in [6.45, 7) is 0. The van der Waals surface area contributed by atoms with Crippen LogP contribution >= 0.6 is 23.2 Å². The zero-order valence-corrected chi connectivity index (χ0v) is 14.7. The second kappa shape index (κ2) is 7.65. The number of benzene rings is 2. The zero-order valence-electron chi connectivity index (χ0n) is 12.3. The summed E-state index contributed by atoms with van der Waals surface area (Å²) in [7, 11) is -4.41. The molecule has 0 aliphatic rings. The van der Waals surface area contributed by atoms with Gasteiger partial charge in [-0.05, 0) is 29.8 Å². The molecule has 0 spiro atoms. The minimum absolute atomic E-state index is 0.0480. The maximum Gasteiger partial charge on any atom is 0.305 e. The van der Waals surface area contributed by atoms with Crippen molar-refractivity contribution in [2.45, 2.75) is 17.4 Å². The van der Waals surface area contributed by atoms with Crippen LogP contribution in [-0.2, 0) is 14.8 Å². The topological polar surface area (TPSA) is 83.5 Å². The molecule has 0 heterocycles. The fourth-order valence-electron chi connectivity index (χ4n) is 2.11. The first-order valence-electron chi connectivity index (χ1n) is 6.73. The Bertz CT molecular complexity index is 901. The summed E-state index contributed by atoms with van der Waals surface area (Å²) in [6, 6.07) is 4.59. The second-order valence-corrected chi connectivity index (χ2v) is 7.60. The van der Waals surface area contributed by atoms with Gasteiger partial charge in [0.2, 0.25) is 10.0 Å². The lowest BCUT2D eigenvalue weighted by Crippen LogP contribution is -2.30. The lowest BCUT2D eigenvalue weighted by atomic mass is 10.1. The molecule has 2 rings (SSSR count). The number of rotatable bonds is 6. The minimum atomic E-state index is -4.41. The number of hydrogen-bond acceptors (Lipinski definition) is 3. The van der Waals surface area contributed by atoms with Gasteiger partial charge >= 0.3 is 5.97 Å². The third-order valence-electron chi connectivity index (χ3n) is 3.16. The Kier molecular flexibility index (Phi) is 5.99. The highest BCUT2D eigenvalue weighted by Crippen LogP contribution is 2.29. The SMILES string of the molecule is O=C(O)CC(NS(=O)(=O)c1cc(F)cc(F)c1)c1ccc(Cl)cc1Cl. The number of hydrogen-bond donors (Lipinski definition) is 2. The van der Waals surface area contributed by atoms with Gasteiger partial charge < -0.3 is 5.11 Å². The number of carboxylic acids is 1. The van der Waals surface area contributed by atoms with E-state index in [0.717, 1.165) is 0 Å². The van der Waals surface area contributed by atoms with Gasteiger partial charge in [0.15, 0.2) is 0 Å². The molecule has 2 aromatic rings. The molecule has 0 amide bonds. The highest BCUT2D eigenvalue weighted by Gasteiger charge is 2.26. The van der Waals surface area contributed by atoms with Crippen molar-refractivity contribution in [3.05, 3.63) is 63.6 Å². The number of halogens is 4. The van der Waals surface area contributed by atoms with Crippen molar-refractivity contribution < 1.29 is 27.1 Å². The molecular formula is C15H11Cl2F2NO4S. The highest BCUT2D eigenvalue weighted by molar-refractivity contribution is 7.89. The van der Waals surface area contributed by atoms with Gasteiger partial charge in [0.1, 0.15) is 11.6 Å². The molecule has 1 atom stereocenters. The molecular weight excluding hydrogens is 399 g/mol. The third kappa shape index (κ3) is 5.12. The van der Waals surface area contributed by atoms with Crippen LogP contribution in [0.25, 0.3) is 0 Å². The summed E-state index contributed by atoms with van der Waals surface area (Å²) in [5.74, 6) is -3.47. The molecule has 0 saturated heterocycles. The molecule has 2 aromatic carbocycles. The van der Waals surface area contributed by atoms with E-state index in [1.807, 2.05) is 0 Å². The van der Waals surface area contributed by atoms with Crippen molar-refractivity contribution in [1.29, 1.82) is 0 Å². The molecule has 0 bridgehead atoms. The average molecular weight is 410 g/mol. The predicted molar refractivity (Wildman–Crippen MR) is 88.1 cm³/mol. The Morgan fingerprint density at radius 2 is 1.72 bits per heavy atom. The molecule has 0 aromatic heterocycles. The minimum Gasteiger partial charge on any atom is -0.481 e. The van der Waals surface area contributed by atoms with Crippen LogP contribution in [0.15, 0.2) is 41.3 Å². The van der Waals surface area contributed by atoms with Gasteiger partial charge in [0, 0.05) is 16.1 Å². The molecule has 25 heavy (non-hydrogen) atoms. The summed E-state index contributed by atoms with van der Waals surface area (Å²) in [4.78, 5) is 10.4. The maximum absolute atomic E-state index is 13.3. The monoisotopic (exact) mass is 409 g/mol. The van der Waals surface area contributed by atoms with Crippen molar-refractivity contribution in [1.82, 2.24) is 4.72 Å². The van der Waals surface area contributed by atoms with Gasteiger partial charge in [-0.1, -0.05) is 29.3 Å². The first-order chi connectivity index (χ1) is 11.6. The third-order valence-corrected chi connectivity index (χ3v) is 5.17. The Balaban J connectivity index is 2.43. The molecule has 0 saturated carbocycles. The van der Waals surface area contributed by atoms with Crippen molar-refractivity contribution in [3.8, 4) is 0 Å².